The monoisotopic (exact) mass is 341 g/mol. The van der Waals surface area contributed by atoms with Crippen molar-refractivity contribution in [1.29, 1.82) is 0 Å². The Labute approximate surface area is 146 Å². The maximum atomic E-state index is 9.23. The molecular formula is C19H32ClNO2. The van der Waals surface area contributed by atoms with Gasteiger partial charge in [0.1, 0.15) is 0 Å². The van der Waals surface area contributed by atoms with E-state index in [1.807, 2.05) is 0 Å². The predicted molar refractivity (Wildman–Crippen MR) is 98.1 cm³/mol. The molecule has 1 aliphatic carbocycles. The van der Waals surface area contributed by atoms with Gasteiger partial charge in [-0.2, -0.15) is 0 Å². The molecule has 1 saturated carbocycles. The Hall–Kier alpha value is -0.610. The van der Waals surface area contributed by atoms with E-state index in [2.05, 4.69) is 31.2 Å². The number of nitrogens with two attached hydrogens (primary N) is 1. The zero-order valence-corrected chi connectivity index (χ0v) is 15.0. The lowest BCUT2D eigenvalue weighted by atomic mass is 9.77. The van der Waals surface area contributed by atoms with Gasteiger partial charge in [0, 0.05) is 0 Å². The van der Waals surface area contributed by atoms with E-state index in [9.17, 15) is 10.2 Å². The van der Waals surface area contributed by atoms with Crippen molar-refractivity contribution in [2.75, 3.05) is 13.2 Å². The maximum absolute atomic E-state index is 9.23. The van der Waals surface area contributed by atoms with E-state index < -0.39 is 5.54 Å². The number of aliphatic hydroxyl groups is 2. The summed E-state index contributed by atoms with van der Waals surface area (Å²) in [7, 11) is 0. The molecule has 0 atom stereocenters. The van der Waals surface area contributed by atoms with Crippen LogP contribution in [0.2, 0.25) is 0 Å². The van der Waals surface area contributed by atoms with Gasteiger partial charge >= 0.3 is 0 Å². The van der Waals surface area contributed by atoms with Crippen LogP contribution < -0.4 is 5.73 Å². The van der Waals surface area contributed by atoms with Crippen molar-refractivity contribution < 1.29 is 10.2 Å². The molecule has 1 aromatic carbocycles. The summed E-state index contributed by atoms with van der Waals surface area (Å²) < 4.78 is 0. The van der Waals surface area contributed by atoms with Gasteiger partial charge in [-0.3, -0.25) is 0 Å². The fourth-order valence-corrected chi connectivity index (χ4v) is 3.46. The van der Waals surface area contributed by atoms with Crippen LogP contribution in [0, 0.1) is 5.92 Å². The summed E-state index contributed by atoms with van der Waals surface area (Å²) in [6, 6.07) is 8.86. The molecule has 23 heavy (non-hydrogen) atoms. The quantitative estimate of drug-likeness (QED) is 0.712. The van der Waals surface area contributed by atoms with Crippen molar-refractivity contribution in [2.24, 2.45) is 11.7 Å². The van der Waals surface area contributed by atoms with Crippen LogP contribution in [0.15, 0.2) is 24.3 Å². The molecule has 3 nitrogen and oxygen atoms in total. The Morgan fingerprint density at radius 2 is 1.61 bits per heavy atom. The van der Waals surface area contributed by atoms with Gasteiger partial charge in [-0.1, -0.05) is 37.6 Å². The average Bonchev–Trinajstić information content (AvgIpc) is 2.60. The highest BCUT2D eigenvalue weighted by molar-refractivity contribution is 5.85. The van der Waals surface area contributed by atoms with E-state index in [1.54, 1.807) is 0 Å². The molecule has 0 aromatic heterocycles. The lowest BCUT2D eigenvalue weighted by Gasteiger charge is -2.28. The van der Waals surface area contributed by atoms with Gasteiger partial charge in [0.2, 0.25) is 0 Å². The van der Waals surface area contributed by atoms with Crippen molar-refractivity contribution in [3.8, 4) is 0 Å². The summed E-state index contributed by atoms with van der Waals surface area (Å²) >= 11 is 0. The molecule has 0 radical (unpaired) electrons. The zero-order chi connectivity index (χ0) is 16.0. The molecule has 4 heteroatoms. The third-order valence-electron chi connectivity index (χ3n) is 5.42. The lowest BCUT2D eigenvalue weighted by Crippen LogP contribution is -2.47. The maximum Gasteiger partial charge on any atom is 0.0633 e. The smallest absolute Gasteiger partial charge is 0.0633 e. The summed E-state index contributed by atoms with van der Waals surface area (Å²) in [5, 5.41) is 18.5. The average molecular weight is 342 g/mol. The van der Waals surface area contributed by atoms with Crippen LogP contribution in [-0.2, 0) is 6.42 Å². The minimum absolute atomic E-state index is 0. The van der Waals surface area contributed by atoms with Crippen LogP contribution in [0.3, 0.4) is 0 Å². The van der Waals surface area contributed by atoms with Gasteiger partial charge < -0.3 is 15.9 Å². The number of rotatable bonds is 7. The fourth-order valence-electron chi connectivity index (χ4n) is 3.46. The van der Waals surface area contributed by atoms with E-state index in [4.69, 9.17) is 5.73 Å². The minimum Gasteiger partial charge on any atom is -0.394 e. The first-order valence-corrected chi connectivity index (χ1v) is 8.69. The Balaban J connectivity index is 0.00000264. The molecule has 0 amide bonds. The predicted octanol–water partition coefficient (Wildman–Crippen LogP) is 3.41. The van der Waals surface area contributed by atoms with Crippen molar-refractivity contribution >= 4 is 12.4 Å². The standard InChI is InChI=1S/C19H31NO2.ClH/c1-2-15-3-7-17(8-4-15)18-9-5-16(6-10-18)11-12-19(20,13-21)14-22;/h5-6,9-10,15,17,21-22H,2-4,7-8,11-14,20H2,1H3;1H. The first kappa shape index (κ1) is 20.4. The number of hydrogen-bond acceptors (Lipinski definition) is 3. The van der Waals surface area contributed by atoms with Gasteiger partial charge in [-0.15, -0.1) is 12.4 Å². The number of aryl methyl sites for hydroxylation is 1. The summed E-state index contributed by atoms with van der Waals surface area (Å²) in [6.45, 7) is 1.94. The van der Waals surface area contributed by atoms with Crippen LogP contribution >= 0.6 is 12.4 Å². The van der Waals surface area contributed by atoms with Crippen molar-refractivity contribution in [3.05, 3.63) is 35.4 Å². The molecule has 2 rings (SSSR count). The van der Waals surface area contributed by atoms with Crippen molar-refractivity contribution in [1.82, 2.24) is 0 Å². The van der Waals surface area contributed by atoms with Crippen molar-refractivity contribution in [3.63, 3.8) is 0 Å². The highest BCUT2D eigenvalue weighted by Crippen LogP contribution is 2.36. The third kappa shape index (κ3) is 5.75. The van der Waals surface area contributed by atoms with Gasteiger partial charge in [-0.25, -0.2) is 0 Å². The minimum atomic E-state index is -0.864. The molecule has 0 saturated heterocycles. The zero-order valence-electron chi connectivity index (χ0n) is 14.2. The Bertz CT molecular complexity index is 437. The number of benzene rings is 1. The molecule has 0 heterocycles. The highest BCUT2D eigenvalue weighted by atomic mass is 35.5. The van der Waals surface area contributed by atoms with Gasteiger partial charge in [-0.05, 0) is 61.5 Å². The normalized spacial score (nSPS) is 21.7. The van der Waals surface area contributed by atoms with Gasteiger partial charge in [0.05, 0.1) is 18.8 Å². The summed E-state index contributed by atoms with van der Waals surface area (Å²) in [5.41, 5.74) is 7.74. The number of aliphatic hydroxyl groups excluding tert-OH is 2. The SMILES string of the molecule is CCC1CCC(c2ccc(CCC(N)(CO)CO)cc2)CC1.Cl. The fraction of sp³-hybridized carbons (Fsp3) is 0.684. The van der Waals surface area contributed by atoms with Crippen LogP contribution in [0.4, 0.5) is 0 Å². The molecule has 4 N–H and O–H groups in total. The second-order valence-electron chi connectivity index (χ2n) is 7.05. The van der Waals surface area contributed by atoms with E-state index in [1.165, 1.54) is 43.2 Å². The molecule has 0 aliphatic heterocycles. The van der Waals surface area contributed by atoms with Crippen LogP contribution in [-0.4, -0.2) is 29.0 Å². The first-order chi connectivity index (χ1) is 10.6. The van der Waals surface area contributed by atoms with E-state index in [-0.39, 0.29) is 25.6 Å². The number of hydrogen-bond donors (Lipinski definition) is 3. The van der Waals surface area contributed by atoms with Crippen LogP contribution in [0.25, 0.3) is 0 Å². The largest absolute Gasteiger partial charge is 0.394 e. The highest BCUT2D eigenvalue weighted by Gasteiger charge is 2.23. The van der Waals surface area contributed by atoms with Gasteiger partial charge in [0.15, 0.2) is 0 Å². The molecule has 0 unspecified atom stereocenters. The molecule has 0 spiro atoms. The molecule has 0 bridgehead atoms. The van der Waals surface area contributed by atoms with Crippen LogP contribution in [0.1, 0.15) is 62.5 Å². The topological polar surface area (TPSA) is 66.5 Å². The van der Waals surface area contributed by atoms with E-state index >= 15 is 0 Å². The molecule has 1 aromatic rings. The first-order valence-electron chi connectivity index (χ1n) is 8.69. The lowest BCUT2D eigenvalue weighted by molar-refractivity contribution is 0.115. The summed E-state index contributed by atoms with van der Waals surface area (Å²) in [6.07, 6.45) is 8.08. The van der Waals surface area contributed by atoms with Crippen LogP contribution in [0.5, 0.6) is 0 Å². The van der Waals surface area contributed by atoms with Crippen molar-refractivity contribution in [2.45, 2.75) is 63.3 Å². The molecule has 1 aliphatic rings. The number of halogens is 1. The Kier molecular flexibility index (Phi) is 8.56. The summed E-state index contributed by atoms with van der Waals surface area (Å²) in [4.78, 5) is 0. The molecular weight excluding hydrogens is 310 g/mol. The van der Waals surface area contributed by atoms with Gasteiger partial charge in [0.25, 0.3) is 0 Å². The third-order valence-corrected chi connectivity index (χ3v) is 5.42. The second-order valence-corrected chi connectivity index (χ2v) is 7.05. The Morgan fingerprint density at radius 3 is 2.09 bits per heavy atom. The Morgan fingerprint density at radius 1 is 1.04 bits per heavy atom. The van der Waals surface area contributed by atoms with E-state index in [0.717, 1.165) is 18.3 Å². The van der Waals surface area contributed by atoms with E-state index in [0.29, 0.717) is 6.42 Å². The molecule has 1 fully saturated rings. The molecule has 132 valence electrons. The summed E-state index contributed by atoms with van der Waals surface area (Å²) in [5.74, 6) is 1.66. The second kappa shape index (κ2) is 9.63.